The Hall–Kier alpha value is -2.73. The number of benzene rings is 2. The molecule has 0 aliphatic heterocycles. The van der Waals surface area contributed by atoms with E-state index in [1.807, 2.05) is 25.1 Å². The van der Waals surface area contributed by atoms with E-state index in [4.69, 9.17) is 22.1 Å². The highest BCUT2D eigenvalue weighted by molar-refractivity contribution is 6.32. The Morgan fingerprint density at radius 1 is 1.27 bits per heavy atom. The number of nitrogens with zero attached hydrogens (tertiary/aromatic N) is 2. The van der Waals surface area contributed by atoms with Crippen LogP contribution in [0.1, 0.15) is 24.5 Å². The normalized spacial score (nSPS) is 10.9. The van der Waals surface area contributed by atoms with Crippen molar-refractivity contribution in [2.24, 2.45) is 0 Å². The molecule has 0 atom stereocenters. The summed E-state index contributed by atoms with van der Waals surface area (Å²) < 4.78 is 5.17. The zero-order chi connectivity index (χ0) is 18.7. The van der Waals surface area contributed by atoms with Gasteiger partial charge in [0.05, 0.1) is 23.3 Å². The van der Waals surface area contributed by atoms with Crippen molar-refractivity contribution in [3.8, 4) is 11.5 Å². The fraction of sp³-hybridized carbons (Fsp3) is 0.263. The van der Waals surface area contributed by atoms with E-state index in [-0.39, 0.29) is 5.75 Å². The number of phenolic OH excluding ortho intramolecular Hbond substituents is 1. The molecule has 0 aliphatic rings. The number of aromatic nitrogens is 2. The third kappa shape index (κ3) is 3.46. The Morgan fingerprint density at radius 2 is 2.08 bits per heavy atom. The average Bonchev–Trinajstić information content (AvgIpc) is 2.64. The van der Waals surface area contributed by atoms with Gasteiger partial charge in [0.25, 0.3) is 0 Å². The number of aromatic hydroxyl groups is 1. The molecule has 136 valence electrons. The maximum Gasteiger partial charge on any atom is 0.143 e. The Morgan fingerprint density at radius 3 is 2.77 bits per heavy atom. The molecule has 3 aromatic rings. The molecule has 0 spiro atoms. The smallest absolute Gasteiger partial charge is 0.143 e. The van der Waals surface area contributed by atoms with Crippen LogP contribution in [-0.2, 0) is 13.0 Å². The molecule has 3 rings (SSSR count). The number of methoxy groups -OCH3 is 1. The second kappa shape index (κ2) is 7.66. The van der Waals surface area contributed by atoms with Gasteiger partial charge in [0.1, 0.15) is 23.6 Å². The lowest BCUT2D eigenvalue weighted by molar-refractivity contribution is 0.415. The SMILES string of the molecule is CCCc1c(O)c(N)cc2c(NCc3ccc(OC)c(Cl)c3)ncnc12. The highest BCUT2D eigenvalue weighted by Gasteiger charge is 2.14. The van der Waals surface area contributed by atoms with Crippen LogP contribution < -0.4 is 15.8 Å². The van der Waals surface area contributed by atoms with Crippen molar-refractivity contribution in [2.75, 3.05) is 18.2 Å². The van der Waals surface area contributed by atoms with E-state index in [1.165, 1.54) is 6.33 Å². The predicted molar refractivity (Wildman–Crippen MR) is 105 cm³/mol. The number of hydrogen-bond donors (Lipinski definition) is 3. The minimum absolute atomic E-state index is 0.103. The first kappa shape index (κ1) is 18.1. The molecule has 0 amide bonds. The van der Waals surface area contributed by atoms with Crippen molar-refractivity contribution in [3.05, 3.63) is 46.7 Å². The average molecular weight is 373 g/mol. The fourth-order valence-electron chi connectivity index (χ4n) is 2.92. The Bertz CT molecular complexity index is 946. The van der Waals surface area contributed by atoms with Crippen LogP contribution in [0.3, 0.4) is 0 Å². The molecule has 0 bridgehead atoms. The summed E-state index contributed by atoms with van der Waals surface area (Å²) in [5.41, 5.74) is 8.76. The monoisotopic (exact) mass is 372 g/mol. The lowest BCUT2D eigenvalue weighted by atomic mass is 10.0. The van der Waals surface area contributed by atoms with E-state index in [0.29, 0.717) is 40.8 Å². The van der Waals surface area contributed by atoms with E-state index in [1.54, 1.807) is 13.2 Å². The number of ether oxygens (including phenoxy) is 1. The zero-order valence-electron chi connectivity index (χ0n) is 14.7. The number of aryl methyl sites for hydroxylation is 1. The van der Waals surface area contributed by atoms with Crippen molar-refractivity contribution in [1.82, 2.24) is 9.97 Å². The number of nitrogen functional groups attached to an aromatic ring is 1. The second-order valence-electron chi connectivity index (χ2n) is 5.98. The fourth-order valence-corrected chi connectivity index (χ4v) is 3.20. The van der Waals surface area contributed by atoms with Crippen LogP contribution in [0, 0.1) is 0 Å². The molecule has 6 nitrogen and oxygen atoms in total. The summed E-state index contributed by atoms with van der Waals surface area (Å²) in [6.07, 6.45) is 3.06. The minimum Gasteiger partial charge on any atom is -0.505 e. The van der Waals surface area contributed by atoms with Gasteiger partial charge in [0, 0.05) is 17.5 Å². The van der Waals surface area contributed by atoms with Crippen molar-refractivity contribution in [3.63, 3.8) is 0 Å². The first-order chi connectivity index (χ1) is 12.5. The molecule has 1 aromatic heterocycles. The van der Waals surface area contributed by atoms with Gasteiger partial charge in [-0.2, -0.15) is 0 Å². The van der Waals surface area contributed by atoms with E-state index < -0.39 is 0 Å². The molecule has 26 heavy (non-hydrogen) atoms. The lowest BCUT2D eigenvalue weighted by Crippen LogP contribution is -2.04. The lowest BCUT2D eigenvalue weighted by Gasteiger charge is -2.14. The first-order valence-corrected chi connectivity index (χ1v) is 8.74. The number of phenols is 1. The number of rotatable bonds is 6. The van der Waals surface area contributed by atoms with Gasteiger partial charge in [0.2, 0.25) is 0 Å². The molecule has 0 fully saturated rings. The predicted octanol–water partition coefficient (Wildman–Crippen LogP) is 4.14. The van der Waals surface area contributed by atoms with Crippen LogP contribution in [0.25, 0.3) is 10.9 Å². The van der Waals surface area contributed by atoms with Crippen LogP contribution >= 0.6 is 11.6 Å². The third-order valence-electron chi connectivity index (χ3n) is 4.21. The number of halogens is 1. The van der Waals surface area contributed by atoms with E-state index in [9.17, 15) is 5.11 Å². The molecule has 0 saturated heterocycles. The van der Waals surface area contributed by atoms with Crippen molar-refractivity contribution >= 4 is 34.0 Å². The molecule has 0 radical (unpaired) electrons. The summed E-state index contributed by atoms with van der Waals surface area (Å²) in [6, 6.07) is 7.31. The molecule has 0 aliphatic carbocycles. The summed E-state index contributed by atoms with van der Waals surface area (Å²) >= 11 is 6.18. The highest BCUT2D eigenvalue weighted by Crippen LogP contribution is 2.35. The molecular weight excluding hydrogens is 352 g/mol. The third-order valence-corrected chi connectivity index (χ3v) is 4.50. The molecule has 1 heterocycles. The molecule has 7 heteroatoms. The largest absolute Gasteiger partial charge is 0.505 e. The van der Waals surface area contributed by atoms with Gasteiger partial charge in [-0.1, -0.05) is 31.0 Å². The van der Waals surface area contributed by atoms with Crippen LogP contribution in [-0.4, -0.2) is 22.2 Å². The van der Waals surface area contributed by atoms with E-state index in [0.717, 1.165) is 22.9 Å². The number of fused-ring (bicyclic) bond motifs is 1. The first-order valence-electron chi connectivity index (χ1n) is 8.36. The van der Waals surface area contributed by atoms with Gasteiger partial charge in [0.15, 0.2) is 0 Å². The van der Waals surface area contributed by atoms with Gasteiger partial charge >= 0.3 is 0 Å². The summed E-state index contributed by atoms with van der Waals surface area (Å²) in [4.78, 5) is 8.68. The van der Waals surface area contributed by atoms with E-state index in [2.05, 4.69) is 15.3 Å². The number of anilines is 2. The maximum atomic E-state index is 10.3. The Kier molecular flexibility index (Phi) is 5.32. The van der Waals surface area contributed by atoms with Gasteiger partial charge < -0.3 is 20.9 Å². The van der Waals surface area contributed by atoms with Gasteiger partial charge in [-0.25, -0.2) is 9.97 Å². The van der Waals surface area contributed by atoms with Crippen LogP contribution in [0.4, 0.5) is 11.5 Å². The van der Waals surface area contributed by atoms with Gasteiger partial charge in [-0.15, -0.1) is 0 Å². The van der Waals surface area contributed by atoms with Crippen LogP contribution in [0.5, 0.6) is 11.5 Å². The maximum absolute atomic E-state index is 10.3. The topological polar surface area (TPSA) is 93.3 Å². The summed E-state index contributed by atoms with van der Waals surface area (Å²) in [7, 11) is 1.58. The minimum atomic E-state index is 0.103. The molecule has 4 N–H and O–H groups in total. The number of nitrogens with two attached hydrogens (primary N) is 1. The van der Waals surface area contributed by atoms with Gasteiger partial charge in [-0.05, 0) is 30.2 Å². The highest BCUT2D eigenvalue weighted by atomic mass is 35.5. The van der Waals surface area contributed by atoms with Crippen molar-refractivity contribution < 1.29 is 9.84 Å². The standard InChI is InChI=1S/C19H21ClN4O2/c1-3-4-12-17-13(8-15(21)18(12)25)19(24-10-23-17)22-9-11-5-6-16(26-2)14(20)7-11/h5-8,10,25H,3-4,9,21H2,1-2H3,(H,22,23,24). The van der Waals surface area contributed by atoms with Crippen molar-refractivity contribution in [1.29, 1.82) is 0 Å². The molecular formula is C19H21ClN4O2. The molecule has 0 unspecified atom stereocenters. The van der Waals surface area contributed by atoms with Crippen LogP contribution in [0.15, 0.2) is 30.6 Å². The second-order valence-corrected chi connectivity index (χ2v) is 6.39. The quantitative estimate of drug-likeness (QED) is 0.444. The molecule has 0 saturated carbocycles. The summed E-state index contributed by atoms with van der Waals surface area (Å²) in [6.45, 7) is 2.57. The summed E-state index contributed by atoms with van der Waals surface area (Å²) in [5.74, 6) is 1.40. The van der Waals surface area contributed by atoms with E-state index >= 15 is 0 Å². The Balaban J connectivity index is 1.94. The van der Waals surface area contributed by atoms with Gasteiger partial charge in [-0.3, -0.25) is 0 Å². The Labute approximate surface area is 157 Å². The van der Waals surface area contributed by atoms with Crippen LogP contribution in [0.2, 0.25) is 5.02 Å². The summed E-state index contributed by atoms with van der Waals surface area (Å²) in [5, 5.41) is 14.9. The zero-order valence-corrected chi connectivity index (χ0v) is 15.5. The molecule has 2 aromatic carbocycles. The number of hydrogen-bond acceptors (Lipinski definition) is 6. The van der Waals surface area contributed by atoms with Crippen molar-refractivity contribution in [2.45, 2.75) is 26.3 Å². The number of nitrogens with one attached hydrogen (secondary N) is 1.